The van der Waals surface area contributed by atoms with Gasteiger partial charge in [-0.05, 0) is 85.3 Å². The van der Waals surface area contributed by atoms with E-state index in [1.807, 2.05) is 31.2 Å². The predicted octanol–water partition coefficient (Wildman–Crippen LogP) is 4.49. The molecule has 0 bridgehead atoms. The Morgan fingerprint density at radius 2 is 1.71 bits per heavy atom. The number of morpholine rings is 1. The molecule has 1 aromatic heterocycles. The van der Waals surface area contributed by atoms with Gasteiger partial charge in [0.2, 0.25) is 5.91 Å². The van der Waals surface area contributed by atoms with Gasteiger partial charge in [0.1, 0.15) is 11.6 Å². The molecule has 1 fully saturated rings. The summed E-state index contributed by atoms with van der Waals surface area (Å²) < 4.78 is 6.95. The number of amides is 2. The number of ketones is 1. The van der Waals surface area contributed by atoms with Crippen LogP contribution in [0.4, 0.5) is 22.7 Å². The third-order valence-electron chi connectivity index (χ3n) is 7.43. The van der Waals surface area contributed by atoms with Crippen LogP contribution in [0.3, 0.4) is 0 Å². The highest BCUT2D eigenvalue weighted by molar-refractivity contribution is 6.15. The molecule has 3 aromatic carbocycles. The number of ether oxygens (including phenoxy) is 1. The molecular formula is C32H30N6O4. The van der Waals surface area contributed by atoms with Crippen LogP contribution in [0, 0.1) is 6.92 Å². The van der Waals surface area contributed by atoms with Gasteiger partial charge in [0.05, 0.1) is 24.6 Å². The van der Waals surface area contributed by atoms with Gasteiger partial charge in [-0.25, -0.2) is 0 Å². The third kappa shape index (κ3) is 5.57. The minimum atomic E-state index is -0.611. The number of anilines is 3. The number of fused-ring (bicyclic) bond motifs is 1. The Kier molecular flexibility index (Phi) is 7.37. The molecule has 0 saturated carbocycles. The van der Waals surface area contributed by atoms with Crippen molar-refractivity contribution in [3.8, 4) is 0 Å². The summed E-state index contributed by atoms with van der Waals surface area (Å²) in [5.41, 5.74) is 5.91. The Balaban J connectivity index is 1.15. The molecule has 212 valence electrons. The maximum atomic E-state index is 13.3. The first-order valence-corrected chi connectivity index (χ1v) is 13.7. The zero-order chi connectivity index (χ0) is 29.2. The number of nitrogens with one attached hydrogen (secondary N) is 2. The first-order valence-electron chi connectivity index (χ1n) is 13.7. The molecule has 0 spiro atoms. The number of aromatic nitrogens is 2. The van der Waals surface area contributed by atoms with Crippen LogP contribution >= 0.6 is 0 Å². The maximum absolute atomic E-state index is 13.3. The molecule has 2 aliphatic rings. The number of nitrogens with zero attached hydrogens (tertiary/aromatic N) is 4. The number of hydrogen-bond acceptors (Lipinski definition) is 7. The van der Waals surface area contributed by atoms with Gasteiger partial charge in [-0.2, -0.15) is 5.10 Å². The van der Waals surface area contributed by atoms with E-state index in [9.17, 15) is 14.4 Å². The smallest absolute Gasteiger partial charge is 0.273 e. The van der Waals surface area contributed by atoms with Crippen LogP contribution in [-0.2, 0) is 16.6 Å². The van der Waals surface area contributed by atoms with Crippen molar-refractivity contribution in [1.82, 2.24) is 9.78 Å². The van der Waals surface area contributed by atoms with Crippen molar-refractivity contribution in [3.63, 3.8) is 0 Å². The molecule has 0 aliphatic carbocycles. The van der Waals surface area contributed by atoms with E-state index in [4.69, 9.17) is 4.74 Å². The van der Waals surface area contributed by atoms with Crippen LogP contribution in [0.25, 0.3) is 0 Å². The van der Waals surface area contributed by atoms with Crippen molar-refractivity contribution >= 4 is 46.6 Å². The SMILES string of the molecule is Cc1cc(C(=O)Nc2ccc(C(=O)c3ccc4c(c3)C(C=Nc3ccc(N5CCOCC5)cc3)C(=O)N4)cc2)n(C)n1. The molecule has 42 heavy (non-hydrogen) atoms. The molecule has 3 heterocycles. The van der Waals surface area contributed by atoms with Gasteiger partial charge < -0.3 is 20.3 Å². The number of hydrogen-bond donors (Lipinski definition) is 2. The van der Waals surface area contributed by atoms with Gasteiger partial charge in [0.25, 0.3) is 5.91 Å². The summed E-state index contributed by atoms with van der Waals surface area (Å²) in [5.74, 6) is -1.27. The van der Waals surface area contributed by atoms with E-state index in [2.05, 4.69) is 25.6 Å². The van der Waals surface area contributed by atoms with E-state index >= 15 is 0 Å². The molecule has 1 unspecified atom stereocenters. The first-order chi connectivity index (χ1) is 20.4. The fourth-order valence-corrected chi connectivity index (χ4v) is 5.20. The van der Waals surface area contributed by atoms with Crippen molar-refractivity contribution in [2.24, 2.45) is 12.0 Å². The largest absolute Gasteiger partial charge is 0.378 e. The molecule has 0 radical (unpaired) electrons. The first kappa shape index (κ1) is 27.1. The van der Waals surface area contributed by atoms with Crippen LogP contribution in [0.2, 0.25) is 0 Å². The summed E-state index contributed by atoms with van der Waals surface area (Å²) in [4.78, 5) is 45.5. The quantitative estimate of drug-likeness (QED) is 0.253. The summed E-state index contributed by atoms with van der Waals surface area (Å²) in [6, 6.07) is 21.5. The second kappa shape index (κ2) is 11.4. The highest BCUT2D eigenvalue weighted by Crippen LogP contribution is 2.33. The van der Waals surface area contributed by atoms with Crippen molar-refractivity contribution < 1.29 is 19.1 Å². The molecular weight excluding hydrogens is 532 g/mol. The van der Waals surface area contributed by atoms with E-state index in [0.29, 0.717) is 33.8 Å². The van der Waals surface area contributed by atoms with Crippen LogP contribution in [0.1, 0.15) is 43.6 Å². The molecule has 1 saturated heterocycles. The summed E-state index contributed by atoms with van der Waals surface area (Å²) in [7, 11) is 1.71. The lowest BCUT2D eigenvalue weighted by Gasteiger charge is -2.28. The van der Waals surface area contributed by atoms with Crippen LogP contribution in [0.15, 0.2) is 77.8 Å². The number of rotatable bonds is 7. The summed E-state index contributed by atoms with van der Waals surface area (Å²) >= 11 is 0. The van der Waals surface area contributed by atoms with Crippen LogP contribution in [0.5, 0.6) is 0 Å². The minimum absolute atomic E-state index is 0.188. The molecule has 2 N–H and O–H groups in total. The Hall–Kier alpha value is -5.09. The molecule has 2 amide bonds. The normalized spacial score (nSPS) is 16.4. The Morgan fingerprint density at radius 3 is 2.40 bits per heavy atom. The third-order valence-corrected chi connectivity index (χ3v) is 7.43. The topological polar surface area (TPSA) is 118 Å². The van der Waals surface area contributed by atoms with Crippen LogP contribution in [-0.4, -0.2) is 59.9 Å². The monoisotopic (exact) mass is 562 g/mol. The van der Waals surface area contributed by atoms with Crippen molar-refractivity contribution in [2.75, 3.05) is 41.8 Å². The zero-order valence-corrected chi connectivity index (χ0v) is 23.3. The summed E-state index contributed by atoms with van der Waals surface area (Å²) in [6.07, 6.45) is 1.63. The Morgan fingerprint density at radius 1 is 1.00 bits per heavy atom. The van der Waals surface area contributed by atoms with E-state index in [-0.39, 0.29) is 17.6 Å². The number of benzene rings is 3. The average Bonchev–Trinajstić information content (AvgIpc) is 3.52. The molecule has 10 heteroatoms. The summed E-state index contributed by atoms with van der Waals surface area (Å²) in [6.45, 7) is 4.97. The lowest BCUT2D eigenvalue weighted by atomic mass is 9.96. The van der Waals surface area contributed by atoms with E-state index in [0.717, 1.165) is 43.4 Å². The van der Waals surface area contributed by atoms with Crippen LogP contribution < -0.4 is 15.5 Å². The van der Waals surface area contributed by atoms with Gasteiger partial charge in [0, 0.05) is 54.5 Å². The van der Waals surface area contributed by atoms with Gasteiger partial charge in [-0.3, -0.25) is 24.1 Å². The average molecular weight is 563 g/mol. The van der Waals surface area contributed by atoms with Gasteiger partial charge >= 0.3 is 0 Å². The maximum Gasteiger partial charge on any atom is 0.273 e. The van der Waals surface area contributed by atoms with Gasteiger partial charge in [-0.1, -0.05) is 0 Å². The molecule has 2 aliphatic heterocycles. The van der Waals surface area contributed by atoms with Crippen molar-refractivity contribution in [3.05, 3.63) is 101 Å². The molecule has 10 nitrogen and oxygen atoms in total. The van der Waals surface area contributed by atoms with Crippen molar-refractivity contribution in [2.45, 2.75) is 12.8 Å². The summed E-state index contributed by atoms with van der Waals surface area (Å²) in [5, 5.41) is 9.91. The Bertz CT molecular complexity index is 1690. The number of carbonyl (C=O) groups excluding carboxylic acids is 3. The lowest BCUT2D eigenvalue weighted by molar-refractivity contribution is -0.115. The van der Waals surface area contributed by atoms with E-state index in [1.165, 1.54) is 4.68 Å². The molecule has 6 rings (SSSR count). The number of aliphatic imine (C=N–C) groups is 1. The predicted molar refractivity (Wildman–Crippen MR) is 161 cm³/mol. The second-order valence-corrected chi connectivity index (χ2v) is 10.3. The molecule has 4 aromatic rings. The lowest BCUT2D eigenvalue weighted by Crippen LogP contribution is -2.36. The minimum Gasteiger partial charge on any atom is -0.378 e. The van der Waals surface area contributed by atoms with Gasteiger partial charge in [-0.15, -0.1) is 0 Å². The van der Waals surface area contributed by atoms with E-state index in [1.54, 1.807) is 61.8 Å². The zero-order valence-electron chi connectivity index (χ0n) is 23.3. The number of carbonyl (C=O) groups is 3. The van der Waals surface area contributed by atoms with Crippen molar-refractivity contribution in [1.29, 1.82) is 0 Å². The fourth-order valence-electron chi connectivity index (χ4n) is 5.20. The van der Waals surface area contributed by atoms with E-state index < -0.39 is 5.92 Å². The molecule has 1 atom stereocenters. The second-order valence-electron chi connectivity index (χ2n) is 10.3. The highest BCUT2D eigenvalue weighted by atomic mass is 16.5. The number of aryl methyl sites for hydroxylation is 2. The van der Waals surface area contributed by atoms with Gasteiger partial charge in [0.15, 0.2) is 5.78 Å². The fraction of sp³-hybridized carbons (Fsp3) is 0.219. The standard InChI is InChI=1S/C32H30N6O4/c1-20-17-29(37(2)36-20)32(41)34-24-6-3-21(4-7-24)30(39)22-5-12-28-26(18-22)27(31(40)35-28)19-33-23-8-10-25(11-9-23)38-13-15-42-16-14-38/h3-12,17-19,27H,13-16H2,1-2H3,(H,34,41)(H,35,40). The highest BCUT2D eigenvalue weighted by Gasteiger charge is 2.30. The Labute approximate surface area is 243 Å².